The van der Waals surface area contributed by atoms with Crippen LogP contribution in [0.15, 0.2) is 0 Å². The third-order valence-corrected chi connectivity index (χ3v) is 16.5. The van der Waals surface area contributed by atoms with Crippen molar-refractivity contribution in [2.75, 3.05) is 55.0 Å². The Balaban J connectivity index is 1.12. The molecule has 4 N–H and O–H groups in total. The number of nitrogens with one attached hydrogen (secondary N) is 2. The topological polar surface area (TPSA) is 127 Å². The number of hydroxylamine groups is 2. The van der Waals surface area contributed by atoms with E-state index in [-0.39, 0.29) is 54.5 Å². The van der Waals surface area contributed by atoms with Crippen LogP contribution in [0, 0.1) is 58.7 Å². The Kier molecular flexibility index (Phi) is 14.9. The number of hydrogen-bond donors (Lipinski definition) is 4. The molecule has 1 saturated heterocycles. The van der Waals surface area contributed by atoms with Crippen LogP contribution in [-0.2, 0) is 19.2 Å². The second-order valence-corrected chi connectivity index (χ2v) is 20.7. The fourth-order valence-electron chi connectivity index (χ4n) is 13.3. The first kappa shape index (κ1) is 44.2. The lowest BCUT2D eigenvalue weighted by Gasteiger charge is -2.62. The smallest absolute Gasteiger partial charge is 0.240 e. The predicted molar refractivity (Wildman–Crippen MR) is 220 cm³/mol. The van der Waals surface area contributed by atoms with Gasteiger partial charge in [0.15, 0.2) is 0 Å². The molecule has 1 heterocycles. The SMILES string of the molecule is COC1C(CN2O[C@@H](CO)[C@H]([C@H](C)O)[C@H]2C(=O)N[C@H]2C[C@H]3C[C@@H]([C@@H]2C)C3(C)C)CCCC1C1CCC(C(=O)N[C@@H](CC2CCCCC2)CN(C)C)C(N(C)C)C1. The first-order chi connectivity index (χ1) is 26.6. The summed E-state index contributed by atoms with van der Waals surface area (Å²) in [6.07, 6.45) is 14.3. The number of hydrogen-bond acceptors (Lipinski definition) is 9. The van der Waals surface area contributed by atoms with Crippen molar-refractivity contribution in [3.63, 3.8) is 0 Å². The minimum atomic E-state index is -0.817. The molecule has 2 amide bonds. The van der Waals surface area contributed by atoms with Crippen LogP contribution in [0.25, 0.3) is 0 Å². The van der Waals surface area contributed by atoms with Crippen LogP contribution < -0.4 is 10.6 Å². The number of rotatable bonds is 15. The summed E-state index contributed by atoms with van der Waals surface area (Å²) in [5.41, 5.74) is 0.321. The Morgan fingerprint density at radius 2 is 1.70 bits per heavy atom. The minimum absolute atomic E-state index is 0.0138. The fraction of sp³-hybridized carbons (Fsp3) is 0.956. The second-order valence-electron chi connectivity index (χ2n) is 20.7. The van der Waals surface area contributed by atoms with Gasteiger partial charge in [-0.2, -0.15) is 5.06 Å². The molecular formula is C45H81N5O6. The molecule has 0 radical (unpaired) electrons. The first-order valence-electron chi connectivity index (χ1n) is 22.8. The highest BCUT2D eigenvalue weighted by atomic mass is 16.7. The summed E-state index contributed by atoms with van der Waals surface area (Å²) in [7, 11) is 10.3. The number of likely N-dealkylation sites (N-methyl/N-ethyl adjacent to an activating group) is 1. The van der Waals surface area contributed by atoms with Gasteiger partial charge < -0.3 is 35.4 Å². The monoisotopic (exact) mass is 788 g/mol. The van der Waals surface area contributed by atoms with Gasteiger partial charge in [0.25, 0.3) is 0 Å². The highest BCUT2D eigenvalue weighted by Crippen LogP contribution is 2.61. The van der Waals surface area contributed by atoms with Gasteiger partial charge in [-0.1, -0.05) is 59.3 Å². The molecule has 6 aliphatic carbocycles. The van der Waals surface area contributed by atoms with Crippen LogP contribution in [0.1, 0.15) is 118 Å². The van der Waals surface area contributed by atoms with Gasteiger partial charge in [0.1, 0.15) is 12.1 Å². The highest BCUT2D eigenvalue weighted by molar-refractivity contribution is 5.83. The molecule has 1 aliphatic heterocycles. The zero-order valence-electron chi connectivity index (χ0n) is 36.6. The molecule has 2 bridgehead atoms. The average molecular weight is 788 g/mol. The summed E-state index contributed by atoms with van der Waals surface area (Å²) in [6.45, 7) is 9.87. The first-order valence-corrected chi connectivity index (χ1v) is 22.8. The molecule has 6 saturated carbocycles. The van der Waals surface area contributed by atoms with Crippen molar-refractivity contribution >= 4 is 11.8 Å². The number of fused-ring (bicyclic) bond motifs is 2. The van der Waals surface area contributed by atoms with Gasteiger partial charge in [0.2, 0.25) is 11.8 Å². The number of carbonyl (C=O) groups excluding carboxylic acids is 2. The molecule has 15 atom stereocenters. The lowest BCUT2D eigenvalue weighted by Crippen LogP contribution is -2.62. The van der Waals surface area contributed by atoms with E-state index < -0.39 is 24.2 Å². The molecule has 6 unspecified atom stereocenters. The second kappa shape index (κ2) is 18.9. The van der Waals surface area contributed by atoms with E-state index in [1.54, 1.807) is 6.92 Å². The van der Waals surface area contributed by atoms with Gasteiger partial charge in [-0.05, 0) is 127 Å². The van der Waals surface area contributed by atoms with E-state index >= 15 is 0 Å². The molecule has 11 heteroatoms. The number of ether oxygens (including phenoxy) is 1. The van der Waals surface area contributed by atoms with Crippen molar-refractivity contribution in [1.82, 2.24) is 25.5 Å². The predicted octanol–water partition coefficient (Wildman–Crippen LogP) is 4.94. The van der Waals surface area contributed by atoms with Gasteiger partial charge in [0.05, 0.1) is 24.7 Å². The number of aliphatic hydroxyl groups excluding tert-OH is 2. The zero-order valence-corrected chi connectivity index (χ0v) is 36.6. The van der Waals surface area contributed by atoms with Gasteiger partial charge >= 0.3 is 0 Å². The van der Waals surface area contributed by atoms with Gasteiger partial charge in [0, 0.05) is 50.2 Å². The van der Waals surface area contributed by atoms with Crippen LogP contribution in [0.2, 0.25) is 0 Å². The van der Waals surface area contributed by atoms with Gasteiger partial charge in [-0.15, -0.1) is 0 Å². The Hall–Kier alpha value is -1.34. The molecule has 7 rings (SSSR count). The Labute approximate surface area is 339 Å². The summed E-state index contributed by atoms with van der Waals surface area (Å²) in [5, 5.41) is 30.2. The average Bonchev–Trinajstić information content (AvgIpc) is 3.53. The van der Waals surface area contributed by atoms with Crippen LogP contribution >= 0.6 is 0 Å². The Morgan fingerprint density at radius 1 is 0.964 bits per heavy atom. The number of methoxy groups -OCH3 is 1. The summed E-state index contributed by atoms with van der Waals surface area (Å²) in [6, 6.07) is -0.246. The number of carbonyl (C=O) groups is 2. The molecule has 7 fully saturated rings. The maximum Gasteiger partial charge on any atom is 0.240 e. The molecule has 0 aromatic rings. The lowest BCUT2D eigenvalue weighted by molar-refractivity contribution is -0.193. The third kappa shape index (κ3) is 9.49. The van der Waals surface area contributed by atoms with E-state index in [9.17, 15) is 19.8 Å². The van der Waals surface area contributed by atoms with Crippen molar-refractivity contribution in [3.8, 4) is 0 Å². The molecule has 0 spiro atoms. The molecule has 322 valence electrons. The number of aliphatic hydroxyl groups is 2. The standard InChI is InChI=1S/C45H81N5O6/c1-27-36-22-32(45(36,3)4)23-37(27)47-44(54)41-40(28(2)52)39(26-51)56-50(41)24-31-16-13-17-34(42(31)55-9)30-18-19-35(38(21-30)49(7)8)43(53)46-33(25-48(5)6)20-29-14-11-10-12-15-29/h27-42,51-52H,10-26H2,1-9H3,(H,46,53)(H,47,54)/t27-,28-,30?,31?,32+,33-,34?,35?,36-,37-,38?,39-,40-,41-,42?/m0/s1. The van der Waals surface area contributed by atoms with Crippen molar-refractivity contribution in [3.05, 3.63) is 0 Å². The highest BCUT2D eigenvalue weighted by Gasteiger charge is 2.58. The van der Waals surface area contributed by atoms with E-state index in [1.165, 1.54) is 38.5 Å². The molecule has 11 nitrogen and oxygen atoms in total. The largest absolute Gasteiger partial charge is 0.394 e. The summed E-state index contributed by atoms with van der Waals surface area (Å²) in [5.74, 6) is 2.77. The summed E-state index contributed by atoms with van der Waals surface area (Å²) < 4.78 is 6.43. The molecule has 7 aliphatic rings. The van der Waals surface area contributed by atoms with E-state index in [0.29, 0.717) is 47.5 Å². The maximum absolute atomic E-state index is 14.3. The quantitative estimate of drug-likeness (QED) is 0.183. The molecule has 0 aromatic heterocycles. The van der Waals surface area contributed by atoms with Crippen molar-refractivity contribution < 1.29 is 29.4 Å². The van der Waals surface area contributed by atoms with Crippen LogP contribution in [0.3, 0.4) is 0 Å². The number of amides is 2. The van der Waals surface area contributed by atoms with Crippen molar-refractivity contribution in [1.29, 1.82) is 0 Å². The van der Waals surface area contributed by atoms with E-state index in [2.05, 4.69) is 69.4 Å². The van der Waals surface area contributed by atoms with E-state index in [4.69, 9.17) is 9.57 Å². The van der Waals surface area contributed by atoms with Crippen molar-refractivity contribution in [2.24, 2.45) is 58.7 Å². The van der Waals surface area contributed by atoms with Gasteiger partial charge in [-0.25, -0.2) is 0 Å². The van der Waals surface area contributed by atoms with Crippen molar-refractivity contribution in [2.45, 2.75) is 160 Å². The zero-order chi connectivity index (χ0) is 40.5. The maximum atomic E-state index is 14.3. The molecule has 56 heavy (non-hydrogen) atoms. The van der Waals surface area contributed by atoms with Crippen LogP contribution in [0.5, 0.6) is 0 Å². The molecule has 0 aromatic carbocycles. The van der Waals surface area contributed by atoms with E-state index in [0.717, 1.165) is 57.9 Å². The lowest BCUT2D eigenvalue weighted by atomic mass is 9.45. The normalized spacial score (nSPS) is 40.3. The summed E-state index contributed by atoms with van der Waals surface area (Å²) >= 11 is 0. The van der Waals surface area contributed by atoms with Crippen LogP contribution in [0.4, 0.5) is 0 Å². The number of nitrogens with zero attached hydrogens (tertiary/aromatic N) is 3. The minimum Gasteiger partial charge on any atom is -0.394 e. The Bertz CT molecular complexity index is 1290. The van der Waals surface area contributed by atoms with E-state index in [1.807, 2.05) is 12.2 Å². The molecular weight excluding hydrogens is 707 g/mol. The van der Waals surface area contributed by atoms with Gasteiger partial charge in [-0.3, -0.25) is 14.4 Å². The Morgan fingerprint density at radius 3 is 2.30 bits per heavy atom. The third-order valence-electron chi connectivity index (χ3n) is 16.5. The summed E-state index contributed by atoms with van der Waals surface area (Å²) in [4.78, 5) is 39.4. The fourth-order valence-corrected chi connectivity index (χ4v) is 13.3. The van der Waals surface area contributed by atoms with Crippen LogP contribution in [-0.4, -0.2) is 134 Å².